The summed E-state index contributed by atoms with van der Waals surface area (Å²) in [4.78, 5) is 0. The molecule has 0 spiro atoms. The topological polar surface area (TPSA) is 84.0 Å². The predicted molar refractivity (Wildman–Crippen MR) is 162 cm³/mol. The van der Waals surface area contributed by atoms with Crippen LogP contribution in [0.4, 0.5) is 11.4 Å². The molecule has 1 atom stereocenters. The van der Waals surface area contributed by atoms with Crippen molar-refractivity contribution >= 4 is 31.4 Å². The van der Waals surface area contributed by atoms with Crippen LogP contribution < -0.4 is 8.61 Å². The molecule has 1 fully saturated rings. The Morgan fingerprint density at radius 3 is 2.15 bits per heavy atom. The second-order valence-corrected chi connectivity index (χ2v) is 17.4. The Bertz CT molecular complexity index is 1490. The SMILES string of the molecule is CC(C)(C)c1cccc2c1N(S(C)(=O)=O)C(CCOCC(C)(C)c1cccc3c1N(S(=O)(=O)C1CCC1)CC3)C2. The lowest BCUT2D eigenvalue weighted by atomic mass is 9.83. The number of sulfonamides is 2. The zero-order valence-electron chi connectivity index (χ0n) is 24.7. The maximum Gasteiger partial charge on any atom is 0.238 e. The third-order valence-electron chi connectivity index (χ3n) is 8.81. The van der Waals surface area contributed by atoms with Gasteiger partial charge in [0.2, 0.25) is 20.0 Å². The molecule has 2 aromatic carbocycles. The predicted octanol–water partition coefficient (Wildman–Crippen LogP) is 5.30. The van der Waals surface area contributed by atoms with Crippen LogP contribution in [0.3, 0.4) is 0 Å². The van der Waals surface area contributed by atoms with E-state index in [0.29, 0.717) is 32.6 Å². The molecule has 2 aliphatic heterocycles. The second-order valence-electron chi connectivity index (χ2n) is 13.4. The zero-order chi connectivity index (χ0) is 29.1. The average molecular weight is 589 g/mol. The van der Waals surface area contributed by atoms with E-state index in [1.807, 2.05) is 36.4 Å². The molecule has 1 aliphatic carbocycles. The Labute approximate surface area is 241 Å². The quantitative estimate of drug-likeness (QED) is 0.371. The molecule has 1 unspecified atom stereocenters. The summed E-state index contributed by atoms with van der Waals surface area (Å²) in [7, 11) is -6.84. The highest BCUT2D eigenvalue weighted by Gasteiger charge is 2.42. The van der Waals surface area contributed by atoms with Crippen LogP contribution in [0.25, 0.3) is 0 Å². The van der Waals surface area contributed by atoms with Crippen molar-refractivity contribution < 1.29 is 21.6 Å². The Kier molecular flexibility index (Phi) is 7.58. The van der Waals surface area contributed by atoms with E-state index >= 15 is 0 Å². The van der Waals surface area contributed by atoms with Gasteiger partial charge in [0.05, 0.1) is 35.5 Å². The minimum atomic E-state index is -3.47. The number of anilines is 2. The molecule has 220 valence electrons. The molecular weight excluding hydrogens is 544 g/mol. The van der Waals surface area contributed by atoms with Gasteiger partial charge >= 0.3 is 0 Å². The summed E-state index contributed by atoms with van der Waals surface area (Å²) >= 11 is 0. The van der Waals surface area contributed by atoms with Gasteiger partial charge in [0.1, 0.15) is 0 Å². The number of ether oxygens (including phenoxy) is 1. The van der Waals surface area contributed by atoms with Crippen LogP contribution in [0.2, 0.25) is 0 Å². The summed E-state index contributed by atoms with van der Waals surface area (Å²) in [5.74, 6) is 0. The molecule has 0 bridgehead atoms. The first-order valence-corrected chi connectivity index (χ1v) is 17.8. The van der Waals surface area contributed by atoms with Crippen molar-refractivity contribution in [3.63, 3.8) is 0 Å². The van der Waals surface area contributed by atoms with E-state index < -0.39 is 25.5 Å². The molecule has 5 rings (SSSR count). The van der Waals surface area contributed by atoms with Crippen molar-refractivity contribution in [1.82, 2.24) is 0 Å². The van der Waals surface area contributed by atoms with Gasteiger partial charge in [-0.25, -0.2) is 16.8 Å². The number of rotatable bonds is 9. The van der Waals surface area contributed by atoms with Gasteiger partial charge in [-0.05, 0) is 59.8 Å². The Morgan fingerprint density at radius 2 is 1.55 bits per heavy atom. The van der Waals surface area contributed by atoms with Gasteiger partial charge < -0.3 is 4.74 Å². The number of hydrogen-bond acceptors (Lipinski definition) is 5. The van der Waals surface area contributed by atoms with Gasteiger partial charge in [0.25, 0.3) is 0 Å². The van der Waals surface area contributed by atoms with Crippen LogP contribution in [-0.2, 0) is 48.5 Å². The maximum absolute atomic E-state index is 13.4. The van der Waals surface area contributed by atoms with Crippen LogP contribution in [0.1, 0.15) is 82.6 Å². The largest absolute Gasteiger partial charge is 0.380 e. The highest BCUT2D eigenvalue weighted by atomic mass is 32.2. The molecule has 2 heterocycles. The first-order chi connectivity index (χ1) is 18.6. The van der Waals surface area contributed by atoms with Gasteiger partial charge in [-0.15, -0.1) is 0 Å². The van der Waals surface area contributed by atoms with Gasteiger partial charge in [-0.1, -0.05) is 77.4 Å². The van der Waals surface area contributed by atoms with Gasteiger partial charge in [0.15, 0.2) is 0 Å². The molecule has 0 saturated heterocycles. The lowest BCUT2D eigenvalue weighted by Gasteiger charge is -2.35. The van der Waals surface area contributed by atoms with E-state index in [4.69, 9.17) is 4.74 Å². The lowest BCUT2D eigenvalue weighted by molar-refractivity contribution is 0.0901. The minimum absolute atomic E-state index is 0.181. The molecule has 0 radical (unpaired) electrons. The van der Waals surface area contributed by atoms with Crippen molar-refractivity contribution in [3.8, 4) is 0 Å². The number of para-hydroxylation sites is 2. The molecule has 1 saturated carbocycles. The lowest BCUT2D eigenvalue weighted by Crippen LogP contribution is -2.42. The summed E-state index contributed by atoms with van der Waals surface area (Å²) in [6, 6.07) is 12.0. The maximum atomic E-state index is 13.4. The molecular formula is C31H44N2O5S2. The van der Waals surface area contributed by atoms with E-state index in [1.165, 1.54) is 6.26 Å². The summed E-state index contributed by atoms with van der Waals surface area (Å²) < 4.78 is 62.3. The smallest absolute Gasteiger partial charge is 0.238 e. The molecule has 0 N–H and O–H groups in total. The summed E-state index contributed by atoms with van der Waals surface area (Å²) in [5.41, 5.74) is 5.25. The highest BCUT2D eigenvalue weighted by Crippen LogP contribution is 2.44. The summed E-state index contributed by atoms with van der Waals surface area (Å²) in [6.07, 6.45) is 5.73. The van der Waals surface area contributed by atoms with E-state index in [-0.39, 0.29) is 16.7 Å². The van der Waals surface area contributed by atoms with Crippen LogP contribution in [-0.4, -0.2) is 54.1 Å². The fourth-order valence-electron chi connectivity index (χ4n) is 6.49. The van der Waals surface area contributed by atoms with Crippen molar-refractivity contribution in [1.29, 1.82) is 0 Å². The first kappa shape index (κ1) is 29.4. The van der Waals surface area contributed by atoms with Gasteiger partial charge in [-0.3, -0.25) is 8.61 Å². The van der Waals surface area contributed by atoms with Crippen molar-refractivity contribution in [3.05, 3.63) is 58.7 Å². The third kappa shape index (κ3) is 5.29. The van der Waals surface area contributed by atoms with Crippen molar-refractivity contribution in [2.75, 3.05) is 34.6 Å². The Morgan fingerprint density at radius 1 is 0.900 bits per heavy atom. The number of benzene rings is 2. The summed E-state index contributed by atoms with van der Waals surface area (Å²) in [5, 5.41) is -0.266. The van der Waals surface area contributed by atoms with Crippen molar-refractivity contribution in [2.24, 2.45) is 0 Å². The Balaban J connectivity index is 1.30. The van der Waals surface area contributed by atoms with Crippen LogP contribution in [0.5, 0.6) is 0 Å². The second kappa shape index (κ2) is 10.3. The van der Waals surface area contributed by atoms with E-state index in [2.05, 4.69) is 34.6 Å². The third-order valence-corrected chi connectivity index (χ3v) is 12.3. The standard InChI is InChI=1S/C31H44N2O5S2/c1-30(2,3)26-14-8-11-23-20-24(33(29(23)26)39(6,34)35)17-19-38-21-31(4,5)27-15-7-10-22-16-18-32(28(22)27)40(36,37)25-12-9-13-25/h7-8,10-11,14-15,24-25H,9,12-13,16-21H2,1-6H3. The van der Waals surface area contributed by atoms with E-state index in [9.17, 15) is 16.8 Å². The molecule has 2 aromatic rings. The zero-order valence-corrected chi connectivity index (χ0v) is 26.4. The minimum Gasteiger partial charge on any atom is -0.380 e. The molecule has 0 aromatic heterocycles. The molecule has 7 nitrogen and oxygen atoms in total. The fourth-order valence-corrected chi connectivity index (χ4v) is 9.87. The van der Waals surface area contributed by atoms with E-state index in [0.717, 1.165) is 59.3 Å². The van der Waals surface area contributed by atoms with Crippen LogP contribution in [0.15, 0.2) is 36.4 Å². The molecule has 3 aliphatic rings. The van der Waals surface area contributed by atoms with E-state index in [1.54, 1.807) is 8.61 Å². The highest BCUT2D eigenvalue weighted by molar-refractivity contribution is 7.93. The van der Waals surface area contributed by atoms with Gasteiger partial charge in [0, 0.05) is 18.6 Å². The number of hydrogen-bond donors (Lipinski definition) is 0. The van der Waals surface area contributed by atoms with Crippen LogP contribution >= 0.6 is 0 Å². The molecule has 9 heteroatoms. The van der Waals surface area contributed by atoms with Crippen molar-refractivity contribution in [2.45, 2.75) is 95.3 Å². The normalized spacial score (nSPS) is 20.0. The Hall–Kier alpha value is -2.10. The number of nitrogens with zero attached hydrogens (tertiary/aromatic N) is 2. The van der Waals surface area contributed by atoms with Crippen LogP contribution in [0, 0.1) is 0 Å². The van der Waals surface area contributed by atoms with Gasteiger partial charge in [-0.2, -0.15) is 0 Å². The monoisotopic (exact) mass is 588 g/mol. The molecule has 0 amide bonds. The molecule has 40 heavy (non-hydrogen) atoms. The average Bonchev–Trinajstić information content (AvgIpc) is 3.41. The first-order valence-electron chi connectivity index (χ1n) is 14.5. The fraction of sp³-hybridized carbons (Fsp3) is 0.613. The summed E-state index contributed by atoms with van der Waals surface area (Å²) in [6.45, 7) is 11.9. The number of fused-ring (bicyclic) bond motifs is 2.